The first-order chi connectivity index (χ1) is 10.6. The molecular formula is C14H20ClN3O2S2. The molecule has 122 valence electrons. The van der Waals surface area contributed by atoms with E-state index in [1.807, 2.05) is 24.3 Å². The highest BCUT2D eigenvalue weighted by Gasteiger charge is 2.37. The van der Waals surface area contributed by atoms with E-state index in [0.29, 0.717) is 37.7 Å². The fourth-order valence-corrected chi connectivity index (χ4v) is 6.04. The molecule has 2 aliphatic rings. The Bertz CT molecular complexity index is 603. The van der Waals surface area contributed by atoms with Crippen LogP contribution in [-0.4, -0.2) is 61.3 Å². The summed E-state index contributed by atoms with van der Waals surface area (Å²) in [7, 11) is -3.41. The third kappa shape index (κ3) is 3.44. The van der Waals surface area contributed by atoms with Crippen molar-refractivity contribution in [2.75, 3.05) is 44.2 Å². The molecule has 1 unspecified atom stereocenters. The molecule has 0 radical (unpaired) electrons. The maximum Gasteiger partial charge on any atom is 0.282 e. The van der Waals surface area contributed by atoms with Gasteiger partial charge in [-0.3, -0.25) is 0 Å². The highest BCUT2D eigenvalue weighted by Crippen LogP contribution is 2.33. The van der Waals surface area contributed by atoms with Crippen LogP contribution in [0.2, 0.25) is 5.02 Å². The first-order valence-electron chi connectivity index (χ1n) is 7.40. The quantitative estimate of drug-likeness (QED) is 0.888. The van der Waals surface area contributed by atoms with Crippen molar-refractivity contribution in [3.8, 4) is 0 Å². The van der Waals surface area contributed by atoms with Crippen molar-refractivity contribution in [2.45, 2.75) is 6.04 Å². The van der Waals surface area contributed by atoms with Gasteiger partial charge in [-0.1, -0.05) is 23.7 Å². The Labute approximate surface area is 141 Å². The average Bonchev–Trinajstić information content (AvgIpc) is 2.56. The van der Waals surface area contributed by atoms with Gasteiger partial charge in [-0.15, -0.1) is 0 Å². The SMILES string of the molecule is O=S(=O)(N1CCNCC1)N1CCSCC1c1ccc(Cl)cc1. The lowest BCUT2D eigenvalue weighted by atomic mass is 10.1. The monoisotopic (exact) mass is 361 g/mol. The minimum Gasteiger partial charge on any atom is -0.314 e. The van der Waals surface area contributed by atoms with Crippen LogP contribution in [0.5, 0.6) is 0 Å². The number of benzene rings is 1. The number of hydrogen-bond donors (Lipinski definition) is 1. The molecule has 0 saturated carbocycles. The van der Waals surface area contributed by atoms with Crippen LogP contribution in [0.4, 0.5) is 0 Å². The van der Waals surface area contributed by atoms with Gasteiger partial charge in [0.25, 0.3) is 10.2 Å². The van der Waals surface area contributed by atoms with Gasteiger partial charge in [0, 0.05) is 49.3 Å². The third-order valence-corrected chi connectivity index (χ3v) is 7.35. The summed E-state index contributed by atoms with van der Waals surface area (Å²) in [4.78, 5) is 0. The predicted molar refractivity (Wildman–Crippen MR) is 91.6 cm³/mol. The summed E-state index contributed by atoms with van der Waals surface area (Å²) in [6.07, 6.45) is 0. The van der Waals surface area contributed by atoms with E-state index in [9.17, 15) is 8.42 Å². The summed E-state index contributed by atoms with van der Waals surface area (Å²) in [5.41, 5.74) is 1.01. The maximum atomic E-state index is 13.0. The largest absolute Gasteiger partial charge is 0.314 e. The van der Waals surface area contributed by atoms with Gasteiger partial charge in [0.15, 0.2) is 0 Å². The Balaban J connectivity index is 1.87. The molecule has 22 heavy (non-hydrogen) atoms. The average molecular weight is 362 g/mol. The Hall–Kier alpha value is -0.310. The first-order valence-corrected chi connectivity index (χ1v) is 10.3. The molecule has 2 heterocycles. The van der Waals surface area contributed by atoms with Gasteiger partial charge < -0.3 is 5.32 Å². The van der Waals surface area contributed by atoms with E-state index in [0.717, 1.165) is 17.1 Å². The van der Waals surface area contributed by atoms with Gasteiger partial charge in [-0.05, 0) is 17.7 Å². The van der Waals surface area contributed by atoms with E-state index in [2.05, 4.69) is 5.32 Å². The smallest absolute Gasteiger partial charge is 0.282 e. The van der Waals surface area contributed by atoms with Crippen molar-refractivity contribution in [1.82, 2.24) is 13.9 Å². The fraction of sp³-hybridized carbons (Fsp3) is 0.571. The molecule has 8 heteroatoms. The van der Waals surface area contributed by atoms with Crippen LogP contribution >= 0.6 is 23.4 Å². The Morgan fingerprint density at radius 2 is 1.82 bits per heavy atom. The molecule has 3 rings (SSSR count). The van der Waals surface area contributed by atoms with Crippen LogP contribution in [0.25, 0.3) is 0 Å². The molecule has 5 nitrogen and oxygen atoms in total. The molecule has 0 aliphatic carbocycles. The van der Waals surface area contributed by atoms with Crippen LogP contribution in [0.3, 0.4) is 0 Å². The minimum absolute atomic E-state index is 0.115. The summed E-state index contributed by atoms with van der Waals surface area (Å²) in [6.45, 7) is 3.07. The Morgan fingerprint density at radius 3 is 2.50 bits per heavy atom. The predicted octanol–water partition coefficient (Wildman–Crippen LogP) is 1.58. The van der Waals surface area contributed by atoms with E-state index < -0.39 is 10.2 Å². The number of halogens is 1. The second-order valence-corrected chi connectivity index (χ2v) is 8.88. The van der Waals surface area contributed by atoms with E-state index in [1.54, 1.807) is 20.4 Å². The van der Waals surface area contributed by atoms with Crippen LogP contribution in [0.1, 0.15) is 11.6 Å². The van der Waals surface area contributed by atoms with Crippen LogP contribution in [-0.2, 0) is 10.2 Å². The number of nitrogens with one attached hydrogen (secondary N) is 1. The molecule has 0 spiro atoms. The summed E-state index contributed by atoms with van der Waals surface area (Å²) in [5, 5.41) is 3.87. The van der Waals surface area contributed by atoms with E-state index in [-0.39, 0.29) is 6.04 Å². The highest BCUT2D eigenvalue weighted by molar-refractivity contribution is 7.99. The molecule has 1 aromatic carbocycles. The van der Waals surface area contributed by atoms with Gasteiger partial charge in [0.05, 0.1) is 6.04 Å². The minimum atomic E-state index is -3.41. The van der Waals surface area contributed by atoms with Crippen molar-refractivity contribution in [3.63, 3.8) is 0 Å². The van der Waals surface area contributed by atoms with Gasteiger partial charge >= 0.3 is 0 Å². The lowest BCUT2D eigenvalue weighted by Crippen LogP contribution is -2.54. The van der Waals surface area contributed by atoms with E-state index in [1.165, 1.54) is 0 Å². The molecular weight excluding hydrogens is 342 g/mol. The molecule has 2 saturated heterocycles. The zero-order chi connectivity index (χ0) is 15.6. The molecule has 0 bridgehead atoms. The summed E-state index contributed by atoms with van der Waals surface area (Å²) < 4.78 is 29.2. The molecule has 1 N–H and O–H groups in total. The Kier molecular flexibility index (Phi) is 5.31. The zero-order valence-electron chi connectivity index (χ0n) is 12.2. The lowest BCUT2D eigenvalue weighted by molar-refractivity contribution is 0.287. The number of nitrogens with zero attached hydrogens (tertiary/aromatic N) is 2. The lowest BCUT2D eigenvalue weighted by Gasteiger charge is -2.39. The van der Waals surface area contributed by atoms with Crippen molar-refractivity contribution in [1.29, 1.82) is 0 Å². The van der Waals surface area contributed by atoms with E-state index >= 15 is 0 Å². The van der Waals surface area contributed by atoms with Gasteiger partial charge in [0.1, 0.15) is 0 Å². The van der Waals surface area contributed by atoms with Crippen molar-refractivity contribution in [3.05, 3.63) is 34.9 Å². The Morgan fingerprint density at radius 1 is 1.14 bits per heavy atom. The zero-order valence-corrected chi connectivity index (χ0v) is 14.6. The summed E-state index contributed by atoms with van der Waals surface area (Å²) >= 11 is 7.74. The molecule has 0 aromatic heterocycles. The second kappa shape index (κ2) is 7.07. The topological polar surface area (TPSA) is 52.7 Å². The van der Waals surface area contributed by atoms with Crippen LogP contribution in [0.15, 0.2) is 24.3 Å². The maximum absolute atomic E-state index is 13.0. The molecule has 1 aromatic rings. The third-order valence-electron chi connectivity index (χ3n) is 4.03. The van der Waals surface area contributed by atoms with Crippen LogP contribution in [0, 0.1) is 0 Å². The van der Waals surface area contributed by atoms with Crippen molar-refractivity contribution < 1.29 is 8.42 Å². The fourth-order valence-electron chi connectivity index (χ4n) is 2.84. The number of piperazine rings is 1. The van der Waals surface area contributed by atoms with Gasteiger partial charge in [0.2, 0.25) is 0 Å². The highest BCUT2D eigenvalue weighted by atomic mass is 35.5. The molecule has 1 atom stereocenters. The van der Waals surface area contributed by atoms with E-state index in [4.69, 9.17) is 11.6 Å². The van der Waals surface area contributed by atoms with Crippen molar-refractivity contribution in [2.24, 2.45) is 0 Å². The molecule has 2 fully saturated rings. The number of rotatable bonds is 3. The summed E-state index contributed by atoms with van der Waals surface area (Å²) in [6, 6.07) is 7.39. The van der Waals surface area contributed by atoms with Gasteiger partial charge in [-0.25, -0.2) is 0 Å². The molecule has 0 amide bonds. The van der Waals surface area contributed by atoms with Crippen molar-refractivity contribution >= 4 is 33.6 Å². The number of thioether (sulfide) groups is 1. The number of hydrogen-bond acceptors (Lipinski definition) is 4. The normalized spacial score (nSPS) is 25.2. The second-order valence-electron chi connectivity index (χ2n) is 5.41. The van der Waals surface area contributed by atoms with Gasteiger partial charge in [-0.2, -0.15) is 28.8 Å². The molecule has 2 aliphatic heterocycles. The first kappa shape index (κ1) is 16.5. The standard InChI is InChI=1S/C14H20ClN3O2S2/c15-13-3-1-12(2-4-13)14-11-21-10-9-18(14)22(19,20)17-7-5-16-6-8-17/h1-4,14,16H,5-11H2. The van der Waals surface area contributed by atoms with Crippen LogP contribution < -0.4 is 5.32 Å². The summed E-state index contributed by atoms with van der Waals surface area (Å²) in [5.74, 6) is 1.63.